The molecule has 0 radical (unpaired) electrons. The third kappa shape index (κ3) is 7.55. The van der Waals surface area contributed by atoms with Crippen molar-refractivity contribution in [2.75, 3.05) is 51.3 Å². The van der Waals surface area contributed by atoms with Crippen molar-refractivity contribution in [3.8, 4) is 0 Å². The fourth-order valence-corrected chi connectivity index (χ4v) is 4.70. The van der Waals surface area contributed by atoms with Gasteiger partial charge in [0.05, 0.1) is 13.2 Å². The van der Waals surface area contributed by atoms with Crippen LogP contribution >= 0.6 is 0 Å². The normalized spacial score (nSPS) is 15.8. The van der Waals surface area contributed by atoms with Gasteiger partial charge in [-0.1, -0.05) is 39.8 Å². The van der Waals surface area contributed by atoms with Gasteiger partial charge in [-0.3, -0.25) is 0 Å². The van der Waals surface area contributed by atoms with Crippen LogP contribution < -0.4 is 4.90 Å². The molecule has 1 aromatic carbocycles. The Morgan fingerprint density at radius 1 is 0.966 bits per heavy atom. The highest BCUT2D eigenvalue weighted by molar-refractivity contribution is 7.86. The molecule has 1 aliphatic heterocycles. The number of hydrogen-bond acceptors (Lipinski definition) is 4. The third-order valence-electron chi connectivity index (χ3n) is 5.35. The first-order valence-electron chi connectivity index (χ1n) is 10.8. The van der Waals surface area contributed by atoms with Crippen LogP contribution in [0.15, 0.2) is 24.3 Å². The van der Waals surface area contributed by atoms with Gasteiger partial charge in [0.1, 0.15) is 0 Å². The van der Waals surface area contributed by atoms with Crippen LogP contribution in [-0.2, 0) is 21.5 Å². The average molecular weight is 426 g/mol. The zero-order chi connectivity index (χ0) is 21.4. The molecule has 0 bridgehead atoms. The van der Waals surface area contributed by atoms with E-state index in [-0.39, 0.29) is 0 Å². The summed E-state index contributed by atoms with van der Waals surface area (Å²) < 4.78 is 35.0. The van der Waals surface area contributed by atoms with E-state index in [1.807, 2.05) is 12.1 Å². The average Bonchev–Trinajstić information content (AvgIpc) is 2.68. The minimum absolute atomic E-state index is 0.381. The molecule has 0 N–H and O–H groups in total. The van der Waals surface area contributed by atoms with Gasteiger partial charge < -0.3 is 9.64 Å². The lowest BCUT2D eigenvalue weighted by molar-refractivity contribution is 0.122. The van der Waals surface area contributed by atoms with Gasteiger partial charge in [-0.15, -0.1) is 0 Å². The fraction of sp³-hybridized carbons (Fsp3) is 0.727. The molecule has 0 saturated carbocycles. The van der Waals surface area contributed by atoms with E-state index in [9.17, 15) is 8.42 Å². The molecule has 0 atom stereocenters. The summed E-state index contributed by atoms with van der Waals surface area (Å²) in [6.45, 7) is 13.4. The highest BCUT2D eigenvalue weighted by Crippen LogP contribution is 2.19. The van der Waals surface area contributed by atoms with Crippen molar-refractivity contribution in [1.29, 1.82) is 0 Å². The van der Waals surface area contributed by atoms with Crippen molar-refractivity contribution < 1.29 is 13.2 Å². The number of rotatable bonds is 11. The third-order valence-corrected chi connectivity index (χ3v) is 7.28. The summed E-state index contributed by atoms with van der Waals surface area (Å²) in [7, 11) is -1.80. The minimum atomic E-state index is -3.48. The quantitative estimate of drug-likeness (QED) is 0.544. The molecule has 1 aliphatic rings. The molecule has 7 heteroatoms. The minimum Gasteiger partial charge on any atom is -0.378 e. The first-order valence-corrected chi connectivity index (χ1v) is 12.2. The van der Waals surface area contributed by atoms with Gasteiger partial charge >= 0.3 is 0 Å². The van der Waals surface area contributed by atoms with Crippen molar-refractivity contribution >= 4 is 15.9 Å². The first kappa shape index (κ1) is 24.1. The van der Waals surface area contributed by atoms with Crippen molar-refractivity contribution in [1.82, 2.24) is 8.61 Å². The predicted molar refractivity (Wildman–Crippen MR) is 120 cm³/mol. The molecule has 0 amide bonds. The summed E-state index contributed by atoms with van der Waals surface area (Å²) in [5.74, 6) is 0.953. The lowest BCUT2D eigenvalue weighted by atomic mass is 10.1. The number of nitrogens with zero attached hydrogens (tertiary/aromatic N) is 3. The van der Waals surface area contributed by atoms with E-state index in [0.717, 1.165) is 50.4 Å². The Hall–Kier alpha value is -1.15. The summed E-state index contributed by atoms with van der Waals surface area (Å²) in [6.07, 6.45) is 1.75. The molecular formula is C22H39N3O3S. The predicted octanol–water partition coefficient (Wildman–Crippen LogP) is 3.59. The molecule has 1 saturated heterocycles. The zero-order valence-corrected chi connectivity index (χ0v) is 19.6. The Morgan fingerprint density at radius 3 is 1.97 bits per heavy atom. The van der Waals surface area contributed by atoms with Crippen molar-refractivity contribution in [2.24, 2.45) is 11.8 Å². The summed E-state index contributed by atoms with van der Waals surface area (Å²) in [6, 6.07) is 8.22. The van der Waals surface area contributed by atoms with Gasteiger partial charge in [0, 0.05) is 45.5 Å². The molecule has 1 fully saturated rings. The van der Waals surface area contributed by atoms with Gasteiger partial charge in [-0.2, -0.15) is 17.0 Å². The van der Waals surface area contributed by atoms with Crippen LogP contribution in [0.2, 0.25) is 0 Å². The van der Waals surface area contributed by atoms with E-state index in [1.54, 1.807) is 11.4 Å². The van der Waals surface area contributed by atoms with E-state index >= 15 is 0 Å². The van der Waals surface area contributed by atoms with Crippen LogP contribution in [-0.4, -0.2) is 63.5 Å². The first-order chi connectivity index (χ1) is 13.7. The van der Waals surface area contributed by atoms with E-state index in [0.29, 0.717) is 31.5 Å². The molecule has 29 heavy (non-hydrogen) atoms. The summed E-state index contributed by atoms with van der Waals surface area (Å²) in [5.41, 5.74) is 2.17. The van der Waals surface area contributed by atoms with Crippen molar-refractivity contribution in [3.05, 3.63) is 29.8 Å². The van der Waals surface area contributed by atoms with Crippen LogP contribution in [0.25, 0.3) is 0 Å². The van der Waals surface area contributed by atoms with Crippen molar-refractivity contribution in [2.45, 2.75) is 47.1 Å². The molecule has 1 aromatic rings. The summed E-state index contributed by atoms with van der Waals surface area (Å²) in [5, 5.41) is 0. The SMILES string of the molecule is CC(C)CCN(CCC(C)C)S(=O)(=O)N(C)Cc1ccc(N2CCOCC2)cc1. The van der Waals surface area contributed by atoms with Gasteiger partial charge in [-0.05, 0) is 42.4 Å². The molecule has 0 aromatic heterocycles. The lowest BCUT2D eigenvalue weighted by Gasteiger charge is -2.30. The standard InChI is InChI=1S/C22H39N3O3S/c1-19(2)10-12-25(13-11-20(3)4)29(26,27)23(5)18-21-6-8-22(9-7-21)24-14-16-28-17-15-24/h6-9,19-20H,10-18H2,1-5H3. The highest BCUT2D eigenvalue weighted by atomic mass is 32.2. The molecular weight excluding hydrogens is 386 g/mol. The van der Waals surface area contributed by atoms with Crippen LogP contribution in [0.1, 0.15) is 46.1 Å². The van der Waals surface area contributed by atoms with E-state index in [1.165, 1.54) is 4.31 Å². The number of ether oxygens (including phenoxy) is 1. The lowest BCUT2D eigenvalue weighted by Crippen LogP contribution is -2.43. The van der Waals surface area contributed by atoms with Crippen LogP contribution in [0.3, 0.4) is 0 Å². The van der Waals surface area contributed by atoms with Gasteiger partial charge in [0.25, 0.3) is 10.2 Å². The number of morpholine rings is 1. The molecule has 2 rings (SSSR count). The van der Waals surface area contributed by atoms with Crippen LogP contribution in [0.5, 0.6) is 0 Å². The van der Waals surface area contributed by atoms with Gasteiger partial charge in [-0.25, -0.2) is 0 Å². The number of hydrogen-bond donors (Lipinski definition) is 0. The maximum Gasteiger partial charge on any atom is 0.282 e. The van der Waals surface area contributed by atoms with E-state index < -0.39 is 10.2 Å². The van der Waals surface area contributed by atoms with E-state index in [4.69, 9.17) is 4.74 Å². The second-order valence-electron chi connectivity index (χ2n) is 8.79. The van der Waals surface area contributed by atoms with Gasteiger partial charge in [0.2, 0.25) is 0 Å². The smallest absolute Gasteiger partial charge is 0.282 e. The maximum atomic E-state index is 13.2. The number of benzene rings is 1. The molecule has 166 valence electrons. The van der Waals surface area contributed by atoms with E-state index in [2.05, 4.69) is 44.7 Å². The monoisotopic (exact) mass is 425 g/mol. The molecule has 0 unspecified atom stereocenters. The van der Waals surface area contributed by atoms with Gasteiger partial charge in [0.15, 0.2) is 0 Å². The largest absolute Gasteiger partial charge is 0.378 e. The zero-order valence-electron chi connectivity index (χ0n) is 18.8. The van der Waals surface area contributed by atoms with Crippen molar-refractivity contribution in [3.63, 3.8) is 0 Å². The maximum absolute atomic E-state index is 13.2. The van der Waals surface area contributed by atoms with Crippen LogP contribution in [0, 0.1) is 11.8 Å². The molecule has 0 aliphatic carbocycles. The molecule has 1 heterocycles. The second kappa shape index (κ2) is 11.3. The highest BCUT2D eigenvalue weighted by Gasteiger charge is 2.27. The summed E-state index contributed by atoms with van der Waals surface area (Å²) in [4.78, 5) is 2.30. The Kier molecular flexibility index (Phi) is 9.40. The Labute approximate surface area is 178 Å². The molecule has 0 spiro atoms. The fourth-order valence-electron chi connectivity index (χ4n) is 3.32. The second-order valence-corrected chi connectivity index (χ2v) is 10.8. The van der Waals surface area contributed by atoms with Crippen LogP contribution in [0.4, 0.5) is 5.69 Å². The topological polar surface area (TPSA) is 53.1 Å². The Balaban J connectivity index is 2.03. The Bertz CT molecular complexity index is 687. The number of anilines is 1. The molecule has 6 nitrogen and oxygen atoms in total. The summed E-state index contributed by atoms with van der Waals surface area (Å²) >= 11 is 0. The Morgan fingerprint density at radius 2 is 1.48 bits per heavy atom.